The van der Waals surface area contributed by atoms with Crippen molar-refractivity contribution in [3.8, 4) is 0 Å². The molecule has 2 N–H and O–H groups in total. The van der Waals surface area contributed by atoms with E-state index in [-0.39, 0.29) is 17.9 Å². The zero-order valence-corrected chi connectivity index (χ0v) is 17.3. The Bertz CT molecular complexity index is 1080. The zero-order valence-electron chi connectivity index (χ0n) is 17.3. The Morgan fingerprint density at radius 2 is 1.93 bits per heavy atom. The van der Waals surface area contributed by atoms with Crippen molar-refractivity contribution >= 4 is 28.4 Å². The second-order valence-electron chi connectivity index (χ2n) is 7.65. The summed E-state index contributed by atoms with van der Waals surface area (Å²) in [5, 5.41) is 6.90. The van der Waals surface area contributed by atoms with Crippen LogP contribution in [0.15, 0.2) is 60.8 Å². The van der Waals surface area contributed by atoms with E-state index in [4.69, 9.17) is 0 Å². The molecule has 1 aliphatic heterocycles. The van der Waals surface area contributed by atoms with Crippen LogP contribution in [0.5, 0.6) is 0 Å². The van der Waals surface area contributed by atoms with Gasteiger partial charge in [-0.25, -0.2) is 0 Å². The molecular formula is C24H26N4O2. The third-order valence-corrected chi connectivity index (χ3v) is 5.76. The van der Waals surface area contributed by atoms with Crippen molar-refractivity contribution in [2.24, 2.45) is 0 Å². The molecule has 0 radical (unpaired) electrons. The molecule has 0 spiro atoms. The number of carbonyl (C=O) groups excluding carboxylic acids is 2. The van der Waals surface area contributed by atoms with Gasteiger partial charge in [0.1, 0.15) is 6.04 Å². The Kier molecular flexibility index (Phi) is 5.77. The maximum atomic E-state index is 13.6. The van der Waals surface area contributed by atoms with Gasteiger partial charge >= 0.3 is 0 Å². The number of likely N-dealkylation sites (N-methyl/N-ethyl adjacent to an activating group) is 1. The number of nitrogens with zero attached hydrogens (tertiary/aromatic N) is 2. The Labute approximate surface area is 176 Å². The highest BCUT2D eigenvalue weighted by atomic mass is 16.2. The molecule has 30 heavy (non-hydrogen) atoms. The number of anilines is 1. The predicted octanol–water partition coefficient (Wildman–Crippen LogP) is 2.81. The summed E-state index contributed by atoms with van der Waals surface area (Å²) >= 11 is 0. The van der Waals surface area contributed by atoms with E-state index in [1.165, 1.54) is 0 Å². The van der Waals surface area contributed by atoms with Crippen LogP contribution in [0.2, 0.25) is 0 Å². The normalized spacial score (nSPS) is 17.3. The van der Waals surface area contributed by atoms with Crippen molar-refractivity contribution in [3.05, 3.63) is 71.9 Å². The van der Waals surface area contributed by atoms with Crippen LogP contribution in [0.4, 0.5) is 5.69 Å². The van der Waals surface area contributed by atoms with Gasteiger partial charge < -0.3 is 15.5 Å². The van der Waals surface area contributed by atoms with Crippen LogP contribution >= 0.6 is 0 Å². The fourth-order valence-corrected chi connectivity index (χ4v) is 3.90. The van der Waals surface area contributed by atoms with Crippen molar-refractivity contribution in [2.75, 3.05) is 11.9 Å². The maximum Gasteiger partial charge on any atom is 0.249 e. The van der Waals surface area contributed by atoms with Crippen LogP contribution in [0.25, 0.3) is 10.9 Å². The Morgan fingerprint density at radius 3 is 2.77 bits per heavy atom. The van der Waals surface area contributed by atoms with Crippen molar-refractivity contribution < 1.29 is 9.59 Å². The topological polar surface area (TPSA) is 74.3 Å². The number of pyridine rings is 1. The molecular weight excluding hydrogens is 376 g/mol. The van der Waals surface area contributed by atoms with Crippen LogP contribution in [0.1, 0.15) is 24.5 Å². The van der Waals surface area contributed by atoms with Gasteiger partial charge in [-0.1, -0.05) is 36.4 Å². The van der Waals surface area contributed by atoms with Gasteiger partial charge in [0.15, 0.2) is 0 Å². The highest BCUT2D eigenvalue weighted by Gasteiger charge is 2.32. The SMILES string of the molecule is CN[C@@H](C)C(=O)N[C@H]1CCc2ccccc2N(Cc2ccnc3ccccc23)C1=O. The average Bonchev–Trinajstić information content (AvgIpc) is 2.91. The molecule has 1 aromatic heterocycles. The molecule has 0 unspecified atom stereocenters. The van der Waals surface area contributed by atoms with Gasteiger partial charge in [0.05, 0.1) is 18.1 Å². The largest absolute Gasteiger partial charge is 0.343 e. The Morgan fingerprint density at radius 1 is 1.17 bits per heavy atom. The van der Waals surface area contributed by atoms with E-state index in [9.17, 15) is 9.59 Å². The minimum absolute atomic E-state index is 0.0857. The third kappa shape index (κ3) is 3.91. The molecule has 0 aliphatic carbocycles. The first kappa shape index (κ1) is 20.0. The first-order valence-corrected chi connectivity index (χ1v) is 10.3. The number of fused-ring (bicyclic) bond motifs is 2. The first-order chi connectivity index (χ1) is 14.6. The van der Waals surface area contributed by atoms with Crippen molar-refractivity contribution in [1.29, 1.82) is 0 Å². The number of para-hydroxylation sites is 2. The van der Waals surface area contributed by atoms with Crippen LogP contribution in [0.3, 0.4) is 0 Å². The average molecular weight is 402 g/mol. The summed E-state index contributed by atoms with van der Waals surface area (Å²) in [4.78, 5) is 32.3. The fourth-order valence-electron chi connectivity index (χ4n) is 3.90. The van der Waals surface area contributed by atoms with Gasteiger partial charge in [0, 0.05) is 17.3 Å². The van der Waals surface area contributed by atoms with Crippen LogP contribution < -0.4 is 15.5 Å². The predicted molar refractivity (Wildman–Crippen MR) is 118 cm³/mol. The number of nitrogens with one attached hydrogen (secondary N) is 2. The van der Waals surface area contributed by atoms with E-state index < -0.39 is 6.04 Å². The minimum atomic E-state index is -0.561. The summed E-state index contributed by atoms with van der Waals surface area (Å²) < 4.78 is 0. The lowest BCUT2D eigenvalue weighted by Gasteiger charge is -2.27. The Balaban J connectivity index is 1.70. The number of hydrogen-bond donors (Lipinski definition) is 2. The van der Waals surface area contributed by atoms with E-state index in [0.29, 0.717) is 13.0 Å². The second kappa shape index (κ2) is 8.63. The molecule has 3 aromatic rings. The maximum absolute atomic E-state index is 13.6. The number of amides is 2. The summed E-state index contributed by atoms with van der Waals surface area (Å²) in [6, 6.07) is 17.0. The third-order valence-electron chi connectivity index (χ3n) is 5.76. The van der Waals surface area contributed by atoms with Crippen molar-refractivity contribution in [1.82, 2.24) is 15.6 Å². The number of rotatable bonds is 5. The van der Waals surface area contributed by atoms with Crippen LogP contribution in [-0.4, -0.2) is 35.9 Å². The summed E-state index contributed by atoms with van der Waals surface area (Å²) in [7, 11) is 1.73. The quantitative estimate of drug-likeness (QED) is 0.688. The minimum Gasteiger partial charge on any atom is -0.343 e. The van der Waals surface area contributed by atoms with Gasteiger partial charge in [-0.3, -0.25) is 14.6 Å². The molecule has 2 heterocycles. The molecule has 4 rings (SSSR count). The monoisotopic (exact) mass is 402 g/mol. The number of aromatic nitrogens is 1. The zero-order chi connectivity index (χ0) is 21.1. The van der Waals surface area contributed by atoms with Crippen LogP contribution in [-0.2, 0) is 22.6 Å². The lowest BCUT2D eigenvalue weighted by Crippen LogP contribution is -2.52. The number of benzene rings is 2. The fraction of sp³-hybridized carbons (Fsp3) is 0.292. The molecule has 1 aliphatic rings. The Hall–Kier alpha value is -3.25. The molecule has 2 aromatic carbocycles. The molecule has 0 saturated heterocycles. The second-order valence-corrected chi connectivity index (χ2v) is 7.65. The molecule has 0 fully saturated rings. The molecule has 0 bridgehead atoms. The van der Waals surface area contributed by atoms with Gasteiger partial charge in [-0.15, -0.1) is 0 Å². The number of hydrogen-bond acceptors (Lipinski definition) is 4. The molecule has 0 saturated carbocycles. The number of carbonyl (C=O) groups is 2. The van der Waals surface area contributed by atoms with Gasteiger partial charge in [-0.2, -0.15) is 0 Å². The molecule has 2 atom stereocenters. The van der Waals surface area contributed by atoms with Crippen molar-refractivity contribution in [3.63, 3.8) is 0 Å². The lowest BCUT2D eigenvalue weighted by atomic mass is 10.1. The van der Waals surface area contributed by atoms with Crippen LogP contribution in [0, 0.1) is 0 Å². The standard InChI is InChI=1S/C24H26N4O2/c1-16(25-2)23(29)27-21-12-11-17-7-3-6-10-22(17)28(24(21)30)15-18-13-14-26-20-9-5-4-8-19(18)20/h3-10,13-14,16,21,25H,11-12,15H2,1-2H3,(H,27,29)/t16-,21-/m0/s1. The van der Waals surface area contributed by atoms with E-state index >= 15 is 0 Å². The highest BCUT2D eigenvalue weighted by molar-refractivity contribution is 6.01. The van der Waals surface area contributed by atoms with E-state index in [2.05, 4.69) is 21.7 Å². The summed E-state index contributed by atoms with van der Waals surface area (Å²) in [6.07, 6.45) is 3.08. The summed E-state index contributed by atoms with van der Waals surface area (Å²) in [5.74, 6) is -0.256. The summed E-state index contributed by atoms with van der Waals surface area (Å²) in [6.45, 7) is 2.21. The van der Waals surface area contributed by atoms with Gasteiger partial charge in [0.25, 0.3) is 0 Å². The first-order valence-electron chi connectivity index (χ1n) is 10.3. The lowest BCUT2D eigenvalue weighted by molar-refractivity contribution is -0.128. The number of aryl methyl sites for hydroxylation is 1. The molecule has 6 nitrogen and oxygen atoms in total. The van der Waals surface area contributed by atoms with E-state index in [0.717, 1.165) is 34.1 Å². The smallest absolute Gasteiger partial charge is 0.249 e. The van der Waals surface area contributed by atoms with Gasteiger partial charge in [0.2, 0.25) is 11.8 Å². The summed E-state index contributed by atoms with van der Waals surface area (Å²) in [5.41, 5.74) is 3.95. The highest BCUT2D eigenvalue weighted by Crippen LogP contribution is 2.30. The van der Waals surface area contributed by atoms with E-state index in [1.54, 1.807) is 25.1 Å². The molecule has 2 amide bonds. The van der Waals surface area contributed by atoms with E-state index in [1.807, 2.05) is 48.5 Å². The molecule has 154 valence electrons. The van der Waals surface area contributed by atoms with Crippen molar-refractivity contribution in [2.45, 2.75) is 38.4 Å². The van der Waals surface area contributed by atoms with Gasteiger partial charge in [-0.05, 0) is 56.1 Å². The molecule has 6 heteroatoms.